The van der Waals surface area contributed by atoms with Crippen LogP contribution in [-0.2, 0) is 0 Å². The smallest absolute Gasteiger partial charge is 0.164 e. The highest BCUT2D eigenvalue weighted by atomic mass is 15.0. The van der Waals surface area contributed by atoms with Gasteiger partial charge in [-0.1, -0.05) is 188 Å². The molecule has 4 nitrogen and oxygen atoms in total. The van der Waals surface area contributed by atoms with Crippen molar-refractivity contribution in [1.82, 2.24) is 19.5 Å². The summed E-state index contributed by atoms with van der Waals surface area (Å²) < 4.78 is 38.3. The fraction of sp³-hybridized carbons (Fsp3) is 0. The normalized spacial score (nSPS) is 12.2. The van der Waals surface area contributed by atoms with Gasteiger partial charge in [0.1, 0.15) is 0 Å². The average molecular weight is 783 g/mol. The Labute approximate surface area is 360 Å². The molecule has 61 heavy (non-hydrogen) atoms. The molecular formula is C57H38N4. The van der Waals surface area contributed by atoms with E-state index in [2.05, 4.69) is 72.8 Å². The molecule has 0 N–H and O–H groups in total. The average Bonchev–Trinajstić information content (AvgIpc) is 3.74. The van der Waals surface area contributed by atoms with Gasteiger partial charge in [0.2, 0.25) is 0 Å². The van der Waals surface area contributed by atoms with Crippen LogP contribution in [0.2, 0.25) is 0 Å². The lowest BCUT2D eigenvalue weighted by Gasteiger charge is -2.15. The van der Waals surface area contributed by atoms with Crippen molar-refractivity contribution in [1.29, 1.82) is 0 Å². The summed E-state index contributed by atoms with van der Waals surface area (Å²) >= 11 is 0. The molecule has 0 spiro atoms. The predicted octanol–water partition coefficient (Wildman–Crippen LogP) is 14.6. The first-order valence-corrected chi connectivity index (χ1v) is 20.3. The SMILES string of the molecule is [2H]c1c([2H])c([2H])c2c(c1[2H])c1cccc(-c3cc(-c4ccccc4)cc(-c4ccccc4)c3)c1n2-c1cccc(-c2cccc(-c3nc(-c4ccccc4)nc(-c4ccccc4)n3)c2)c1. The fourth-order valence-corrected chi connectivity index (χ4v) is 8.24. The Morgan fingerprint density at radius 3 is 1.38 bits per heavy atom. The van der Waals surface area contributed by atoms with Gasteiger partial charge in [0.15, 0.2) is 17.5 Å². The second-order valence-corrected chi connectivity index (χ2v) is 15.0. The lowest BCUT2D eigenvalue weighted by molar-refractivity contribution is 1.07. The van der Waals surface area contributed by atoms with Crippen LogP contribution in [0.15, 0.2) is 230 Å². The van der Waals surface area contributed by atoms with Crippen molar-refractivity contribution < 1.29 is 5.48 Å². The topological polar surface area (TPSA) is 43.6 Å². The molecule has 0 aliphatic rings. The predicted molar refractivity (Wildman–Crippen MR) is 252 cm³/mol. The van der Waals surface area contributed by atoms with E-state index in [-0.39, 0.29) is 24.2 Å². The monoisotopic (exact) mass is 782 g/mol. The molecule has 4 heteroatoms. The van der Waals surface area contributed by atoms with Crippen LogP contribution in [0, 0.1) is 0 Å². The molecule has 0 amide bonds. The van der Waals surface area contributed by atoms with Crippen molar-refractivity contribution in [2.45, 2.75) is 0 Å². The largest absolute Gasteiger partial charge is 0.309 e. The van der Waals surface area contributed by atoms with Crippen LogP contribution in [0.4, 0.5) is 0 Å². The Morgan fingerprint density at radius 1 is 0.328 bits per heavy atom. The van der Waals surface area contributed by atoms with Crippen molar-refractivity contribution in [3.63, 3.8) is 0 Å². The molecule has 0 fully saturated rings. The van der Waals surface area contributed by atoms with E-state index in [0.29, 0.717) is 28.4 Å². The van der Waals surface area contributed by atoms with Gasteiger partial charge in [-0.25, -0.2) is 15.0 Å². The van der Waals surface area contributed by atoms with Crippen molar-refractivity contribution in [2.24, 2.45) is 0 Å². The van der Waals surface area contributed by atoms with Gasteiger partial charge < -0.3 is 4.57 Å². The minimum Gasteiger partial charge on any atom is -0.309 e. The first-order valence-electron chi connectivity index (χ1n) is 22.3. The number of nitrogens with zero attached hydrogens (tertiary/aromatic N) is 4. The van der Waals surface area contributed by atoms with E-state index in [4.69, 9.17) is 17.7 Å². The lowest BCUT2D eigenvalue weighted by atomic mass is 9.92. The molecule has 0 unspecified atom stereocenters. The molecule has 9 aromatic carbocycles. The molecule has 2 aromatic heterocycles. The maximum Gasteiger partial charge on any atom is 0.164 e. The highest BCUT2D eigenvalue weighted by molar-refractivity contribution is 6.14. The molecule has 0 saturated heterocycles. The quantitative estimate of drug-likeness (QED) is 0.154. The number of benzene rings is 9. The van der Waals surface area contributed by atoms with E-state index in [1.807, 2.05) is 138 Å². The van der Waals surface area contributed by atoms with Crippen LogP contribution >= 0.6 is 0 Å². The second kappa shape index (κ2) is 15.5. The third-order valence-corrected chi connectivity index (χ3v) is 11.1. The molecule has 0 bridgehead atoms. The van der Waals surface area contributed by atoms with Crippen LogP contribution in [0.25, 0.3) is 106 Å². The van der Waals surface area contributed by atoms with E-state index in [1.165, 1.54) is 0 Å². The molecule has 0 aliphatic heterocycles. The molecule has 2 heterocycles. The highest BCUT2D eigenvalue weighted by Gasteiger charge is 2.19. The summed E-state index contributed by atoms with van der Waals surface area (Å²) in [4.78, 5) is 14.9. The van der Waals surface area contributed by atoms with E-state index in [9.17, 15) is 2.74 Å². The number of aromatic nitrogens is 4. The Kier molecular flexibility index (Phi) is 8.07. The summed E-state index contributed by atoms with van der Waals surface area (Å²) in [6.07, 6.45) is 0. The zero-order chi connectivity index (χ0) is 44.0. The second-order valence-electron chi connectivity index (χ2n) is 15.0. The lowest BCUT2D eigenvalue weighted by Crippen LogP contribution is -2.00. The number of fused-ring (bicyclic) bond motifs is 3. The van der Waals surface area contributed by atoms with Gasteiger partial charge in [0.05, 0.1) is 16.5 Å². The van der Waals surface area contributed by atoms with Gasteiger partial charge >= 0.3 is 0 Å². The van der Waals surface area contributed by atoms with Gasteiger partial charge in [-0.15, -0.1) is 0 Å². The molecular weight excluding hydrogens is 741 g/mol. The highest BCUT2D eigenvalue weighted by Crippen LogP contribution is 2.41. The van der Waals surface area contributed by atoms with Crippen molar-refractivity contribution >= 4 is 21.8 Å². The molecule has 0 atom stereocenters. The first kappa shape index (κ1) is 31.7. The maximum atomic E-state index is 9.39. The number of hydrogen-bond acceptors (Lipinski definition) is 3. The van der Waals surface area contributed by atoms with Gasteiger partial charge in [0.25, 0.3) is 0 Å². The summed E-state index contributed by atoms with van der Waals surface area (Å²) in [6, 6.07) is 68.7. The van der Waals surface area contributed by atoms with Crippen molar-refractivity contribution in [3.8, 4) is 84.4 Å². The van der Waals surface area contributed by atoms with Gasteiger partial charge in [-0.2, -0.15) is 0 Å². The fourth-order valence-electron chi connectivity index (χ4n) is 8.24. The zero-order valence-corrected chi connectivity index (χ0v) is 32.9. The molecule has 11 rings (SSSR count). The minimum atomic E-state index is -0.281. The maximum absolute atomic E-state index is 9.39. The molecule has 0 radical (unpaired) electrons. The number of para-hydroxylation sites is 2. The molecule has 0 saturated carbocycles. The summed E-state index contributed by atoms with van der Waals surface area (Å²) in [5.74, 6) is 1.71. The van der Waals surface area contributed by atoms with Crippen LogP contribution in [0.5, 0.6) is 0 Å². The summed E-state index contributed by atoms with van der Waals surface area (Å²) in [5.41, 5.74) is 12.5. The molecule has 0 aliphatic carbocycles. The van der Waals surface area contributed by atoms with Crippen LogP contribution in [0.3, 0.4) is 0 Å². The van der Waals surface area contributed by atoms with Crippen molar-refractivity contribution in [2.75, 3.05) is 0 Å². The summed E-state index contributed by atoms with van der Waals surface area (Å²) in [6.45, 7) is 0. The Balaban J connectivity index is 1.11. The van der Waals surface area contributed by atoms with Crippen LogP contribution in [0.1, 0.15) is 5.48 Å². The minimum absolute atomic E-state index is 0.0733. The summed E-state index contributed by atoms with van der Waals surface area (Å²) in [5, 5.41) is 1.21. The zero-order valence-electron chi connectivity index (χ0n) is 36.9. The van der Waals surface area contributed by atoms with E-state index < -0.39 is 0 Å². The van der Waals surface area contributed by atoms with Crippen LogP contribution < -0.4 is 0 Å². The first-order chi connectivity index (χ1) is 31.9. The standard InChI is InChI=1S/C57H38N4/c1-5-18-39(19-6-1)46-35-47(40-20-7-2-8-21-40)37-48(36-46)50-31-17-32-52-51-30-13-14-33-53(51)61(54(50)52)49-29-16-27-44(38-49)43-26-15-28-45(34-43)57-59-55(41-22-9-3-10-23-41)58-56(60-57)42-24-11-4-12-25-42/h1-38H/i13D,14D,30D,33D. The van der Waals surface area contributed by atoms with E-state index in [0.717, 1.165) is 77.8 Å². The molecule has 286 valence electrons. The van der Waals surface area contributed by atoms with Crippen LogP contribution in [-0.4, -0.2) is 19.5 Å². The third-order valence-electron chi connectivity index (χ3n) is 11.1. The number of rotatable bonds is 8. The van der Waals surface area contributed by atoms with Gasteiger partial charge in [-0.3, -0.25) is 0 Å². The number of hydrogen-bond donors (Lipinski definition) is 0. The Hall–Kier alpha value is -8.21. The van der Waals surface area contributed by atoms with E-state index >= 15 is 0 Å². The van der Waals surface area contributed by atoms with E-state index in [1.54, 1.807) is 0 Å². The third kappa shape index (κ3) is 6.86. The van der Waals surface area contributed by atoms with Crippen molar-refractivity contribution in [3.05, 3.63) is 230 Å². The Morgan fingerprint density at radius 2 is 0.770 bits per heavy atom. The van der Waals surface area contributed by atoms with Gasteiger partial charge in [0, 0.05) is 38.7 Å². The van der Waals surface area contributed by atoms with Gasteiger partial charge in [-0.05, 0) is 81.4 Å². The Bertz CT molecular complexity index is 3460. The molecule has 11 aromatic rings. The summed E-state index contributed by atoms with van der Waals surface area (Å²) in [7, 11) is 0.